The van der Waals surface area contributed by atoms with Crippen molar-refractivity contribution < 1.29 is 43.0 Å². The summed E-state index contributed by atoms with van der Waals surface area (Å²) in [6.45, 7) is 10.6. The molecule has 0 bridgehead atoms. The minimum absolute atomic E-state index is 0.182. The van der Waals surface area contributed by atoms with Crippen molar-refractivity contribution in [3.8, 4) is 11.5 Å². The Morgan fingerprint density at radius 3 is 1.95 bits per heavy atom. The second-order valence-electron chi connectivity index (χ2n) is 9.75. The van der Waals surface area contributed by atoms with Gasteiger partial charge in [0, 0.05) is 11.6 Å². The summed E-state index contributed by atoms with van der Waals surface area (Å²) < 4.78 is 30.9. The van der Waals surface area contributed by atoms with Crippen LogP contribution in [0, 0.1) is 22.9 Å². The third-order valence-electron chi connectivity index (χ3n) is 4.44. The van der Waals surface area contributed by atoms with Crippen molar-refractivity contribution in [2.24, 2.45) is 0 Å². The van der Waals surface area contributed by atoms with E-state index < -0.39 is 62.1 Å². The molecule has 11 nitrogen and oxygen atoms in total. The largest absolute Gasteiger partial charge is 0.477 e. The zero-order valence-corrected chi connectivity index (χ0v) is 21.9. The van der Waals surface area contributed by atoms with Crippen LogP contribution in [0.2, 0.25) is 5.02 Å². The molecule has 0 radical (unpaired) electrons. The molecule has 0 unspecified atom stereocenters. The molecule has 0 aliphatic carbocycles. The van der Waals surface area contributed by atoms with E-state index in [9.17, 15) is 34.0 Å². The van der Waals surface area contributed by atoms with E-state index in [1.165, 1.54) is 6.92 Å². The van der Waals surface area contributed by atoms with E-state index in [0.29, 0.717) is 4.90 Å². The maximum atomic E-state index is 14.8. The quantitative estimate of drug-likeness (QED) is 0.317. The number of halogens is 2. The molecule has 0 aliphatic heterocycles. The second-order valence-corrected chi connectivity index (χ2v) is 10.1. The first kappa shape index (κ1) is 29.3. The number of amides is 2. The maximum absolute atomic E-state index is 14.8. The average Bonchev–Trinajstić information content (AvgIpc) is 2.70. The van der Waals surface area contributed by atoms with E-state index in [2.05, 4.69) is 0 Å². The number of carboxylic acids is 1. The number of imide groups is 1. The Morgan fingerprint density at radius 2 is 1.51 bits per heavy atom. The highest BCUT2D eigenvalue weighted by Gasteiger charge is 2.35. The number of carboxylic acid groups (broad SMARTS) is 1. The number of nitro groups is 1. The van der Waals surface area contributed by atoms with Crippen molar-refractivity contribution in [3.63, 3.8) is 0 Å². The Kier molecular flexibility index (Phi) is 8.39. The molecule has 1 N–H and O–H groups in total. The van der Waals surface area contributed by atoms with E-state index in [0.717, 1.165) is 24.3 Å². The predicted octanol–water partition coefficient (Wildman–Crippen LogP) is 6.86. The number of hydrogen-bond donors (Lipinski definition) is 1. The number of hydrogen-bond acceptors (Lipinski definition) is 8. The van der Waals surface area contributed by atoms with Gasteiger partial charge in [0.1, 0.15) is 27.5 Å². The van der Waals surface area contributed by atoms with Gasteiger partial charge in [0.15, 0.2) is 11.6 Å². The molecule has 0 heterocycles. The number of nitro benzene ring substituents is 1. The lowest BCUT2D eigenvalue weighted by Gasteiger charge is -2.29. The Labute approximate surface area is 216 Å². The molecule has 2 aromatic carbocycles. The average molecular weight is 541 g/mol. The minimum atomic E-state index is -1.60. The van der Waals surface area contributed by atoms with Crippen LogP contribution < -0.4 is 9.64 Å². The number of carbonyl (C=O) groups is 3. The van der Waals surface area contributed by atoms with Gasteiger partial charge in [-0.25, -0.2) is 18.8 Å². The van der Waals surface area contributed by atoms with Crippen molar-refractivity contribution >= 4 is 41.1 Å². The fraction of sp³-hybridized carbons (Fsp3) is 0.375. The Morgan fingerprint density at radius 1 is 1.00 bits per heavy atom. The molecule has 0 aromatic heterocycles. The molecular formula is C24H26ClFN2O9. The SMILES string of the molecule is Cc1c(Oc2c(F)ccc(N(C(=O)OC(C)(C)C)C(=O)OC(C)(C)C)c2Cl)ccc([N+](=O)[O-])c1C(=O)O. The van der Waals surface area contributed by atoms with E-state index in [-0.39, 0.29) is 17.0 Å². The lowest BCUT2D eigenvalue weighted by molar-refractivity contribution is -0.385. The van der Waals surface area contributed by atoms with Crippen molar-refractivity contribution in [2.75, 3.05) is 4.90 Å². The number of carbonyl (C=O) groups excluding carboxylic acids is 2. The summed E-state index contributed by atoms with van der Waals surface area (Å²) in [7, 11) is 0. The summed E-state index contributed by atoms with van der Waals surface area (Å²) in [5.74, 6) is -3.57. The minimum Gasteiger partial charge on any atom is -0.477 e. The monoisotopic (exact) mass is 540 g/mol. The molecule has 0 atom stereocenters. The van der Waals surface area contributed by atoms with E-state index >= 15 is 0 Å². The highest BCUT2D eigenvalue weighted by molar-refractivity contribution is 6.36. The summed E-state index contributed by atoms with van der Waals surface area (Å²) in [4.78, 5) is 48.4. The molecule has 0 saturated carbocycles. The van der Waals surface area contributed by atoms with Crippen LogP contribution in [0.5, 0.6) is 11.5 Å². The van der Waals surface area contributed by atoms with Gasteiger partial charge in [0.25, 0.3) is 5.69 Å². The third kappa shape index (κ3) is 7.06. The highest BCUT2D eigenvalue weighted by atomic mass is 35.5. The van der Waals surface area contributed by atoms with E-state index in [1.807, 2.05) is 0 Å². The van der Waals surface area contributed by atoms with E-state index in [1.54, 1.807) is 41.5 Å². The van der Waals surface area contributed by atoms with Gasteiger partial charge in [-0.1, -0.05) is 11.6 Å². The van der Waals surface area contributed by atoms with Gasteiger partial charge < -0.3 is 19.3 Å². The molecule has 0 spiro atoms. The summed E-state index contributed by atoms with van der Waals surface area (Å²) in [6.07, 6.45) is -2.33. The molecule has 2 amide bonds. The first-order chi connectivity index (χ1) is 16.8. The number of ether oxygens (including phenoxy) is 3. The summed E-state index contributed by atoms with van der Waals surface area (Å²) in [6, 6.07) is 3.85. The Balaban J connectivity index is 2.67. The van der Waals surface area contributed by atoms with Crippen LogP contribution in [0.15, 0.2) is 24.3 Å². The Hall–Kier alpha value is -3.93. The van der Waals surface area contributed by atoms with Gasteiger partial charge in [-0.2, -0.15) is 4.90 Å². The lowest BCUT2D eigenvalue weighted by atomic mass is 10.1. The lowest BCUT2D eigenvalue weighted by Crippen LogP contribution is -2.44. The zero-order chi connectivity index (χ0) is 28.5. The third-order valence-corrected chi connectivity index (χ3v) is 4.80. The van der Waals surface area contributed by atoms with Crippen LogP contribution in [0.3, 0.4) is 0 Å². The molecule has 0 saturated heterocycles. The molecule has 2 aromatic rings. The summed E-state index contributed by atoms with van der Waals surface area (Å²) >= 11 is 6.38. The van der Waals surface area contributed by atoms with Gasteiger partial charge >= 0.3 is 18.2 Å². The van der Waals surface area contributed by atoms with Gasteiger partial charge in [-0.05, 0) is 66.7 Å². The normalized spacial score (nSPS) is 11.5. The van der Waals surface area contributed by atoms with Crippen LogP contribution in [0.4, 0.5) is 25.4 Å². The van der Waals surface area contributed by atoms with Gasteiger partial charge in [-0.15, -0.1) is 0 Å². The van der Waals surface area contributed by atoms with Gasteiger partial charge in [0.2, 0.25) is 0 Å². The highest BCUT2D eigenvalue weighted by Crippen LogP contribution is 2.42. The number of aromatic carboxylic acids is 1. The molecule has 13 heteroatoms. The topological polar surface area (TPSA) is 146 Å². The van der Waals surface area contributed by atoms with Gasteiger partial charge in [-0.3, -0.25) is 10.1 Å². The predicted molar refractivity (Wildman–Crippen MR) is 131 cm³/mol. The van der Waals surface area contributed by atoms with Crippen LogP contribution in [-0.4, -0.2) is 39.4 Å². The van der Waals surface area contributed by atoms with Crippen molar-refractivity contribution in [3.05, 3.63) is 56.3 Å². The standard InChI is InChI=1S/C24H26ClFN2O9/c1-12-16(11-10-14(28(33)34)17(12)20(29)30)35-19-13(26)8-9-15(18(19)25)27(21(31)36-23(2,3)4)22(32)37-24(5,6)7/h8-11H,1-7H3,(H,29,30). The number of benzene rings is 2. The van der Waals surface area contributed by atoms with Crippen molar-refractivity contribution in [1.29, 1.82) is 0 Å². The number of anilines is 1. The zero-order valence-electron chi connectivity index (χ0n) is 21.2. The second kappa shape index (κ2) is 10.6. The molecule has 0 aliphatic rings. The Bertz CT molecular complexity index is 1240. The van der Waals surface area contributed by atoms with Crippen LogP contribution in [0.25, 0.3) is 0 Å². The van der Waals surface area contributed by atoms with E-state index in [4.69, 9.17) is 25.8 Å². The molecule has 37 heavy (non-hydrogen) atoms. The first-order valence-electron chi connectivity index (χ1n) is 10.8. The maximum Gasteiger partial charge on any atom is 0.424 e. The van der Waals surface area contributed by atoms with Crippen LogP contribution in [0.1, 0.15) is 57.5 Å². The fourth-order valence-corrected chi connectivity index (χ4v) is 3.27. The molecular weight excluding hydrogens is 515 g/mol. The smallest absolute Gasteiger partial charge is 0.424 e. The fourth-order valence-electron chi connectivity index (χ4n) is 3.00. The molecule has 200 valence electrons. The molecule has 0 fully saturated rings. The summed E-state index contributed by atoms with van der Waals surface area (Å²) in [5.41, 5.74) is -3.94. The summed E-state index contributed by atoms with van der Waals surface area (Å²) in [5, 5.41) is 20.1. The van der Waals surface area contributed by atoms with Crippen LogP contribution >= 0.6 is 11.6 Å². The first-order valence-corrected chi connectivity index (χ1v) is 11.1. The van der Waals surface area contributed by atoms with Crippen LogP contribution in [-0.2, 0) is 9.47 Å². The number of rotatable bonds is 5. The van der Waals surface area contributed by atoms with Crippen molar-refractivity contribution in [2.45, 2.75) is 59.7 Å². The van der Waals surface area contributed by atoms with Gasteiger partial charge in [0.05, 0.1) is 10.6 Å². The van der Waals surface area contributed by atoms with Crippen molar-refractivity contribution in [1.82, 2.24) is 0 Å². The molecule has 2 rings (SSSR count). The number of nitrogens with zero attached hydrogens (tertiary/aromatic N) is 2.